The fraction of sp³-hybridized carbons (Fsp3) is 0.190. The number of nitrogens with zero attached hydrogens (tertiary/aromatic N) is 1. The maximum absolute atomic E-state index is 10.5. The van der Waals surface area contributed by atoms with Crippen LogP contribution < -0.4 is 0 Å². The zero-order chi connectivity index (χ0) is 16.4. The Hall–Kier alpha value is -2.61. The molecular weight excluding hydrogens is 282 g/mol. The second-order valence-electron chi connectivity index (χ2n) is 6.75. The van der Waals surface area contributed by atoms with Gasteiger partial charge in [-0.25, -0.2) is 0 Å². The summed E-state index contributed by atoms with van der Waals surface area (Å²) >= 11 is 0. The smallest absolute Gasteiger partial charge is 0.132 e. The summed E-state index contributed by atoms with van der Waals surface area (Å²) in [6.45, 7) is 6.53. The third kappa shape index (κ3) is 3.11. The van der Waals surface area contributed by atoms with E-state index >= 15 is 0 Å². The molecule has 0 saturated heterocycles. The molecule has 3 aromatic carbocycles. The first-order chi connectivity index (χ1) is 11.0. The number of aliphatic imine (C=N–C) groups is 1. The quantitative estimate of drug-likeness (QED) is 0.615. The number of aromatic hydroxyl groups is 1. The lowest BCUT2D eigenvalue weighted by Crippen LogP contribution is -2.11. The van der Waals surface area contributed by atoms with Crippen LogP contribution in [0, 0.1) is 0 Å². The van der Waals surface area contributed by atoms with Gasteiger partial charge in [-0.1, -0.05) is 69.3 Å². The van der Waals surface area contributed by atoms with Gasteiger partial charge < -0.3 is 5.11 Å². The molecule has 23 heavy (non-hydrogen) atoms. The van der Waals surface area contributed by atoms with Gasteiger partial charge >= 0.3 is 0 Å². The first kappa shape index (κ1) is 15.3. The maximum Gasteiger partial charge on any atom is 0.132 e. The van der Waals surface area contributed by atoms with Gasteiger partial charge in [0.05, 0.1) is 5.69 Å². The Labute approximate surface area is 137 Å². The third-order valence-corrected chi connectivity index (χ3v) is 3.99. The van der Waals surface area contributed by atoms with Crippen LogP contribution in [0.5, 0.6) is 5.75 Å². The summed E-state index contributed by atoms with van der Waals surface area (Å²) in [5, 5.41) is 12.3. The van der Waals surface area contributed by atoms with Crippen molar-refractivity contribution in [2.24, 2.45) is 4.99 Å². The first-order valence-electron chi connectivity index (χ1n) is 7.81. The molecule has 0 bridgehead atoms. The average molecular weight is 303 g/mol. The molecule has 0 aliphatic heterocycles. The molecule has 3 aromatic rings. The molecule has 0 spiro atoms. The largest absolute Gasteiger partial charge is 0.507 e. The van der Waals surface area contributed by atoms with Gasteiger partial charge in [0.15, 0.2) is 0 Å². The molecule has 0 saturated carbocycles. The van der Waals surface area contributed by atoms with Gasteiger partial charge in [-0.05, 0) is 28.5 Å². The van der Waals surface area contributed by atoms with E-state index in [2.05, 4.69) is 31.8 Å². The standard InChI is InChI=1S/C21H21NO/c1-21(2,3)18-10-6-7-11-19(18)22-14-16-13-12-15-8-4-5-9-17(15)20(16)23/h4-14,23H,1-3H3. The number of fused-ring (bicyclic) bond motifs is 1. The Morgan fingerprint density at radius 1 is 0.870 bits per heavy atom. The number of benzene rings is 3. The SMILES string of the molecule is CC(C)(C)c1ccccc1N=Cc1ccc2ccccc2c1O. The van der Waals surface area contributed by atoms with Crippen LogP contribution in [0.1, 0.15) is 31.9 Å². The van der Waals surface area contributed by atoms with Crippen molar-refractivity contribution < 1.29 is 5.11 Å². The van der Waals surface area contributed by atoms with Gasteiger partial charge in [0.25, 0.3) is 0 Å². The molecule has 2 nitrogen and oxygen atoms in total. The van der Waals surface area contributed by atoms with Crippen LogP contribution in [-0.2, 0) is 5.41 Å². The second-order valence-corrected chi connectivity index (χ2v) is 6.75. The Kier molecular flexibility index (Phi) is 3.91. The van der Waals surface area contributed by atoms with Crippen molar-refractivity contribution in [1.82, 2.24) is 0 Å². The molecule has 1 N–H and O–H groups in total. The molecule has 3 rings (SSSR count). The van der Waals surface area contributed by atoms with E-state index in [1.165, 1.54) is 5.56 Å². The number of phenolic OH excluding ortho intramolecular Hbond substituents is 1. The van der Waals surface area contributed by atoms with Gasteiger partial charge in [0.1, 0.15) is 5.75 Å². The van der Waals surface area contributed by atoms with Crippen molar-refractivity contribution in [3.05, 3.63) is 71.8 Å². The summed E-state index contributed by atoms with van der Waals surface area (Å²) in [4.78, 5) is 4.63. The van der Waals surface area contributed by atoms with Gasteiger partial charge in [0.2, 0.25) is 0 Å². The molecule has 0 heterocycles. The molecule has 0 aliphatic carbocycles. The van der Waals surface area contributed by atoms with Gasteiger partial charge in [0, 0.05) is 17.2 Å². The van der Waals surface area contributed by atoms with Crippen LogP contribution in [-0.4, -0.2) is 11.3 Å². The molecule has 2 heteroatoms. The molecule has 0 atom stereocenters. The van der Waals surface area contributed by atoms with Crippen molar-refractivity contribution in [3.8, 4) is 5.75 Å². The molecule has 0 unspecified atom stereocenters. The zero-order valence-electron chi connectivity index (χ0n) is 13.7. The monoisotopic (exact) mass is 303 g/mol. The minimum Gasteiger partial charge on any atom is -0.507 e. The van der Waals surface area contributed by atoms with Crippen LogP contribution in [0.25, 0.3) is 10.8 Å². The molecule has 0 aliphatic rings. The number of para-hydroxylation sites is 1. The summed E-state index contributed by atoms with van der Waals surface area (Å²) in [6.07, 6.45) is 1.74. The summed E-state index contributed by atoms with van der Waals surface area (Å²) < 4.78 is 0. The molecule has 116 valence electrons. The summed E-state index contributed by atoms with van der Waals surface area (Å²) in [6, 6.07) is 19.9. The molecule has 0 radical (unpaired) electrons. The molecular formula is C21H21NO. The minimum atomic E-state index is 0.0271. The second kappa shape index (κ2) is 5.88. The van der Waals surface area contributed by atoms with Crippen LogP contribution in [0.4, 0.5) is 5.69 Å². The maximum atomic E-state index is 10.5. The van der Waals surface area contributed by atoms with Crippen LogP contribution in [0.3, 0.4) is 0 Å². The lowest BCUT2D eigenvalue weighted by Gasteiger charge is -2.20. The van der Waals surface area contributed by atoms with Crippen molar-refractivity contribution in [3.63, 3.8) is 0 Å². The van der Waals surface area contributed by atoms with Crippen molar-refractivity contribution >= 4 is 22.7 Å². The minimum absolute atomic E-state index is 0.0271. The molecule has 0 amide bonds. The van der Waals surface area contributed by atoms with E-state index in [-0.39, 0.29) is 11.2 Å². The Balaban J connectivity index is 2.03. The summed E-state index contributed by atoms with van der Waals surface area (Å²) in [7, 11) is 0. The average Bonchev–Trinajstić information content (AvgIpc) is 2.54. The van der Waals surface area contributed by atoms with E-state index in [0.29, 0.717) is 0 Å². The van der Waals surface area contributed by atoms with Gasteiger partial charge in [-0.2, -0.15) is 0 Å². The number of hydrogen-bond donors (Lipinski definition) is 1. The fourth-order valence-electron chi connectivity index (χ4n) is 2.74. The van der Waals surface area contributed by atoms with E-state index in [4.69, 9.17) is 0 Å². The lowest BCUT2D eigenvalue weighted by atomic mass is 9.86. The first-order valence-corrected chi connectivity index (χ1v) is 7.81. The van der Waals surface area contributed by atoms with Crippen molar-refractivity contribution in [2.75, 3.05) is 0 Å². The molecule has 0 aromatic heterocycles. The highest BCUT2D eigenvalue weighted by molar-refractivity contribution is 5.97. The summed E-state index contributed by atoms with van der Waals surface area (Å²) in [5.74, 6) is 0.278. The van der Waals surface area contributed by atoms with E-state index in [0.717, 1.165) is 22.0 Å². The number of hydrogen-bond acceptors (Lipinski definition) is 2. The van der Waals surface area contributed by atoms with Crippen LogP contribution in [0.2, 0.25) is 0 Å². The van der Waals surface area contributed by atoms with E-state index in [9.17, 15) is 5.11 Å². The third-order valence-electron chi connectivity index (χ3n) is 3.99. The van der Waals surface area contributed by atoms with Gasteiger partial charge in [-0.15, -0.1) is 0 Å². The topological polar surface area (TPSA) is 32.6 Å². The molecule has 0 fully saturated rings. The highest BCUT2D eigenvalue weighted by Gasteiger charge is 2.16. The van der Waals surface area contributed by atoms with Crippen LogP contribution in [0.15, 0.2) is 65.7 Å². The fourth-order valence-corrected chi connectivity index (χ4v) is 2.74. The number of rotatable bonds is 2. The van der Waals surface area contributed by atoms with Crippen LogP contribution >= 0.6 is 0 Å². The highest BCUT2D eigenvalue weighted by atomic mass is 16.3. The van der Waals surface area contributed by atoms with Crippen molar-refractivity contribution in [2.45, 2.75) is 26.2 Å². The zero-order valence-corrected chi connectivity index (χ0v) is 13.7. The van der Waals surface area contributed by atoms with Crippen molar-refractivity contribution in [1.29, 1.82) is 0 Å². The normalized spacial score (nSPS) is 12.1. The summed E-state index contributed by atoms with van der Waals surface area (Å²) in [5.41, 5.74) is 2.89. The van der Waals surface area contributed by atoms with E-state index < -0.39 is 0 Å². The Morgan fingerprint density at radius 2 is 1.57 bits per heavy atom. The predicted molar refractivity (Wildman–Crippen MR) is 98.0 cm³/mol. The van der Waals surface area contributed by atoms with E-state index in [1.54, 1.807) is 6.21 Å². The van der Waals surface area contributed by atoms with E-state index in [1.807, 2.05) is 54.6 Å². The highest BCUT2D eigenvalue weighted by Crippen LogP contribution is 2.32. The Bertz CT molecular complexity index is 872. The van der Waals surface area contributed by atoms with Gasteiger partial charge in [-0.3, -0.25) is 4.99 Å². The lowest BCUT2D eigenvalue weighted by molar-refractivity contribution is 0.481. The predicted octanol–water partition coefficient (Wildman–Crippen LogP) is 5.59. The number of phenols is 1. The Morgan fingerprint density at radius 3 is 2.35 bits per heavy atom.